The molecule has 25 heavy (non-hydrogen) atoms. The number of carbonyl (C=O) groups excluding carboxylic acids is 1. The Morgan fingerprint density at radius 3 is 2.84 bits per heavy atom. The number of likely N-dealkylation sites (tertiary alicyclic amines) is 1. The number of rotatable bonds is 4. The number of aliphatic hydroxyl groups is 1. The van der Waals surface area contributed by atoms with E-state index in [-0.39, 0.29) is 5.91 Å². The molecule has 1 aliphatic heterocycles. The molecule has 4 heteroatoms. The second-order valence-corrected chi connectivity index (χ2v) is 6.88. The third kappa shape index (κ3) is 4.20. The molecule has 1 atom stereocenters. The standard InChI is InChI=1S/C21H26N2O2/c1-15-9-10-16(2)17(12-15)13-22-20-8-4-3-7-19(20)21(25)23-11-5-6-18(24)14-23/h3-4,7-10,12,18,22,24H,5-6,11,13-14H2,1-2H3. The van der Waals surface area contributed by atoms with Gasteiger partial charge in [-0.1, -0.05) is 35.9 Å². The van der Waals surface area contributed by atoms with Crippen LogP contribution < -0.4 is 5.32 Å². The summed E-state index contributed by atoms with van der Waals surface area (Å²) in [4.78, 5) is 14.6. The highest BCUT2D eigenvalue weighted by atomic mass is 16.3. The number of nitrogens with zero attached hydrogens (tertiary/aromatic N) is 1. The third-order valence-corrected chi connectivity index (χ3v) is 4.82. The molecule has 2 aromatic carbocycles. The van der Waals surface area contributed by atoms with Gasteiger partial charge in [-0.3, -0.25) is 4.79 Å². The van der Waals surface area contributed by atoms with Crippen LogP contribution in [-0.4, -0.2) is 35.1 Å². The van der Waals surface area contributed by atoms with E-state index in [0.717, 1.165) is 18.5 Å². The van der Waals surface area contributed by atoms with E-state index >= 15 is 0 Å². The van der Waals surface area contributed by atoms with Gasteiger partial charge in [0, 0.05) is 25.3 Å². The van der Waals surface area contributed by atoms with Crippen LogP contribution in [0.15, 0.2) is 42.5 Å². The van der Waals surface area contributed by atoms with E-state index in [4.69, 9.17) is 0 Å². The fourth-order valence-electron chi connectivity index (χ4n) is 3.31. The van der Waals surface area contributed by atoms with Crippen LogP contribution in [0.5, 0.6) is 0 Å². The molecule has 0 aliphatic carbocycles. The number of hydrogen-bond acceptors (Lipinski definition) is 3. The van der Waals surface area contributed by atoms with Gasteiger partial charge in [-0.25, -0.2) is 0 Å². The van der Waals surface area contributed by atoms with Gasteiger partial charge in [0.05, 0.1) is 11.7 Å². The topological polar surface area (TPSA) is 52.6 Å². The molecule has 1 amide bonds. The molecule has 3 rings (SSSR count). The first kappa shape index (κ1) is 17.5. The van der Waals surface area contributed by atoms with Gasteiger partial charge in [0.2, 0.25) is 0 Å². The molecule has 132 valence electrons. The Bertz CT molecular complexity index is 757. The Labute approximate surface area is 149 Å². The van der Waals surface area contributed by atoms with Crippen molar-refractivity contribution in [2.45, 2.75) is 39.3 Å². The highest BCUT2D eigenvalue weighted by Crippen LogP contribution is 2.21. The Morgan fingerprint density at radius 2 is 2.04 bits per heavy atom. The average molecular weight is 338 g/mol. The molecule has 0 spiro atoms. The molecule has 0 bridgehead atoms. The lowest BCUT2D eigenvalue weighted by atomic mass is 10.0. The summed E-state index contributed by atoms with van der Waals surface area (Å²) in [5, 5.41) is 13.3. The summed E-state index contributed by atoms with van der Waals surface area (Å²) in [6.07, 6.45) is 1.22. The first-order valence-corrected chi connectivity index (χ1v) is 8.91. The second-order valence-electron chi connectivity index (χ2n) is 6.88. The minimum absolute atomic E-state index is 0.0113. The van der Waals surface area contributed by atoms with Crippen LogP contribution in [-0.2, 0) is 6.54 Å². The summed E-state index contributed by atoms with van der Waals surface area (Å²) in [6.45, 7) is 6.00. The number of hydrogen-bond donors (Lipinski definition) is 2. The van der Waals surface area contributed by atoms with Crippen LogP contribution in [0.2, 0.25) is 0 Å². The summed E-state index contributed by atoms with van der Waals surface area (Å²) in [6, 6.07) is 14.0. The fraction of sp³-hybridized carbons (Fsp3) is 0.381. The van der Waals surface area contributed by atoms with Crippen molar-refractivity contribution in [3.05, 3.63) is 64.7 Å². The van der Waals surface area contributed by atoms with Gasteiger partial charge in [0.15, 0.2) is 0 Å². The number of aliphatic hydroxyl groups excluding tert-OH is 1. The highest BCUT2D eigenvalue weighted by molar-refractivity contribution is 5.99. The molecule has 2 aromatic rings. The molecule has 1 fully saturated rings. The Hall–Kier alpha value is -2.33. The Kier molecular flexibility index (Phi) is 5.39. The van der Waals surface area contributed by atoms with E-state index in [1.54, 1.807) is 4.90 Å². The van der Waals surface area contributed by atoms with Crippen molar-refractivity contribution in [1.82, 2.24) is 4.90 Å². The normalized spacial score (nSPS) is 17.4. The summed E-state index contributed by atoms with van der Waals surface area (Å²) in [5.74, 6) is -0.0113. The lowest BCUT2D eigenvalue weighted by Crippen LogP contribution is -2.42. The molecular formula is C21H26N2O2. The van der Waals surface area contributed by atoms with E-state index in [1.807, 2.05) is 24.3 Å². The molecule has 0 saturated carbocycles. The largest absolute Gasteiger partial charge is 0.391 e. The van der Waals surface area contributed by atoms with Crippen molar-refractivity contribution < 1.29 is 9.90 Å². The maximum absolute atomic E-state index is 12.9. The number of nitrogens with one attached hydrogen (secondary N) is 1. The lowest BCUT2D eigenvalue weighted by Gasteiger charge is -2.30. The van der Waals surface area contributed by atoms with Crippen molar-refractivity contribution >= 4 is 11.6 Å². The third-order valence-electron chi connectivity index (χ3n) is 4.82. The van der Waals surface area contributed by atoms with E-state index in [9.17, 15) is 9.90 Å². The molecule has 0 aromatic heterocycles. The van der Waals surface area contributed by atoms with Crippen molar-refractivity contribution in [2.75, 3.05) is 18.4 Å². The first-order chi connectivity index (χ1) is 12.0. The van der Waals surface area contributed by atoms with Gasteiger partial charge in [0.1, 0.15) is 0 Å². The number of β-amino-alcohol motifs (C(OH)–C–C–N with tert-alkyl or cyclic N) is 1. The zero-order valence-corrected chi connectivity index (χ0v) is 15.0. The Morgan fingerprint density at radius 1 is 1.24 bits per heavy atom. The van der Waals surface area contributed by atoms with E-state index < -0.39 is 6.10 Å². The van der Waals surface area contributed by atoms with Gasteiger partial charge < -0.3 is 15.3 Å². The van der Waals surface area contributed by atoms with Crippen LogP contribution in [0.4, 0.5) is 5.69 Å². The number of anilines is 1. The van der Waals surface area contributed by atoms with Crippen LogP contribution in [0, 0.1) is 13.8 Å². The summed E-state index contributed by atoms with van der Waals surface area (Å²) < 4.78 is 0. The zero-order chi connectivity index (χ0) is 17.8. The molecule has 1 heterocycles. The molecule has 0 radical (unpaired) electrons. The molecule has 2 N–H and O–H groups in total. The average Bonchev–Trinajstić information content (AvgIpc) is 2.62. The Balaban J connectivity index is 1.76. The lowest BCUT2D eigenvalue weighted by molar-refractivity contribution is 0.0474. The highest BCUT2D eigenvalue weighted by Gasteiger charge is 2.24. The van der Waals surface area contributed by atoms with E-state index in [1.165, 1.54) is 16.7 Å². The number of amides is 1. The first-order valence-electron chi connectivity index (χ1n) is 8.91. The second kappa shape index (κ2) is 7.70. The van der Waals surface area contributed by atoms with Gasteiger partial charge >= 0.3 is 0 Å². The number of benzene rings is 2. The SMILES string of the molecule is Cc1ccc(C)c(CNc2ccccc2C(=O)N2CCCC(O)C2)c1. The fourth-order valence-corrected chi connectivity index (χ4v) is 3.31. The molecular weight excluding hydrogens is 312 g/mol. The number of piperidine rings is 1. The van der Waals surface area contributed by atoms with Crippen LogP contribution in [0.25, 0.3) is 0 Å². The van der Waals surface area contributed by atoms with Crippen molar-refractivity contribution in [3.8, 4) is 0 Å². The van der Waals surface area contributed by atoms with E-state index in [2.05, 4.69) is 37.4 Å². The monoisotopic (exact) mass is 338 g/mol. The van der Waals surface area contributed by atoms with Crippen LogP contribution >= 0.6 is 0 Å². The van der Waals surface area contributed by atoms with Gasteiger partial charge in [0.25, 0.3) is 5.91 Å². The van der Waals surface area contributed by atoms with Crippen LogP contribution in [0.1, 0.15) is 39.9 Å². The number of carbonyl (C=O) groups is 1. The molecule has 1 aliphatic rings. The predicted molar refractivity (Wildman–Crippen MR) is 101 cm³/mol. The minimum Gasteiger partial charge on any atom is -0.391 e. The van der Waals surface area contributed by atoms with Crippen molar-refractivity contribution in [1.29, 1.82) is 0 Å². The van der Waals surface area contributed by atoms with Gasteiger partial charge in [-0.05, 0) is 49.9 Å². The van der Waals surface area contributed by atoms with Crippen molar-refractivity contribution in [2.24, 2.45) is 0 Å². The molecule has 4 nitrogen and oxygen atoms in total. The smallest absolute Gasteiger partial charge is 0.256 e. The quantitative estimate of drug-likeness (QED) is 0.897. The number of para-hydroxylation sites is 1. The van der Waals surface area contributed by atoms with Crippen molar-refractivity contribution in [3.63, 3.8) is 0 Å². The van der Waals surface area contributed by atoms with E-state index in [0.29, 0.717) is 25.2 Å². The number of aryl methyl sites for hydroxylation is 2. The maximum Gasteiger partial charge on any atom is 0.256 e. The summed E-state index contributed by atoms with van der Waals surface area (Å²) >= 11 is 0. The molecule has 1 unspecified atom stereocenters. The molecule has 1 saturated heterocycles. The maximum atomic E-state index is 12.9. The summed E-state index contributed by atoms with van der Waals surface area (Å²) in [5.41, 5.74) is 5.21. The summed E-state index contributed by atoms with van der Waals surface area (Å²) in [7, 11) is 0. The minimum atomic E-state index is -0.409. The zero-order valence-electron chi connectivity index (χ0n) is 15.0. The van der Waals surface area contributed by atoms with Crippen LogP contribution in [0.3, 0.4) is 0 Å². The van der Waals surface area contributed by atoms with Gasteiger partial charge in [-0.2, -0.15) is 0 Å². The van der Waals surface area contributed by atoms with Gasteiger partial charge in [-0.15, -0.1) is 0 Å². The predicted octanol–water partition coefficient (Wildman–Crippen LogP) is 3.51.